The van der Waals surface area contributed by atoms with Gasteiger partial charge in [0.15, 0.2) is 0 Å². The second kappa shape index (κ2) is 29.5. The van der Waals surface area contributed by atoms with Gasteiger partial charge in [-0.3, -0.25) is 4.79 Å². The van der Waals surface area contributed by atoms with Crippen LogP contribution in [0.3, 0.4) is 0 Å². The Morgan fingerprint density at radius 2 is 0.758 bits per heavy atom. The lowest BCUT2D eigenvalue weighted by molar-refractivity contribution is -0.121. The topological polar surface area (TPSA) is 29.1 Å². The lowest BCUT2D eigenvalue weighted by atomic mass is 10.0. The van der Waals surface area contributed by atoms with Crippen molar-refractivity contribution in [3.05, 3.63) is 6.92 Å². The van der Waals surface area contributed by atoms with E-state index in [1.165, 1.54) is 154 Å². The third-order valence-corrected chi connectivity index (χ3v) is 7.01. The van der Waals surface area contributed by atoms with Gasteiger partial charge in [0.1, 0.15) is 0 Å². The van der Waals surface area contributed by atoms with Crippen LogP contribution in [0.25, 0.3) is 0 Å². The predicted octanol–water partition coefficient (Wildman–Crippen LogP) is 10.5. The van der Waals surface area contributed by atoms with Crippen LogP contribution in [0.5, 0.6) is 0 Å². The molecule has 1 amide bonds. The number of carbonyl (C=O) groups is 1. The summed E-state index contributed by atoms with van der Waals surface area (Å²) in [5.41, 5.74) is 0. The highest BCUT2D eigenvalue weighted by atomic mass is 16.1. The summed E-state index contributed by atoms with van der Waals surface area (Å²) in [7, 11) is 0. The Labute approximate surface area is 209 Å². The van der Waals surface area contributed by atoms with Gasteiger partial charge in [-0.25, -0.2) is 0 Å². The molecule has 0 rings (SSSR count). The second-order valence-electron chi connectivity index (χ2n) is 10.4. The minimum absolute atomic E-state index is 0.202. The highest BCUT2D eigenvalue weighted by Gasteiger charge is 2.00. The Morgan fingerprint density at radius 3 is 1.03 bits per heavy atom. The van der Waals surface area contributed by atoms with Gasteiger partial charge in [-0.15, -0.1) is 0 Å². The first-order chi connectivity index (χ1) is 16.3. The first kappa shape index (κ1) is 32.5. The fraction of sp³-hybridized carbons (Fsp3) is 0.935. The van der Waals surface area contributed by atoms with E-state index in [-0.39, 0.29) is 5.91 Å². The number of carbonyl (C=O) groups excluding carboxylic acids is 1. The molecule has 0 aliphatic carbocycles. The fourth-order valence-corrected chi connectivity index (χ4v) is 4.74. The molecule has 2 heteroatoms. The normalized spacial score (nSPS) is 11.2. The van der Waals surface area contributed by atoms with Gasteiger partial charge in [0.25, 0.3) is 0 Å². The van der Waals surface area contributed by atoms with E-state index in [1.807, 2.05) is 0 Å². The molecule has 0 atom stereocenters. The molecule has 0 fully saturated rings. The molecule has 0 unspecified atom stereocenters. The SMILES string of the molecule is [CH2]CCNC(=O)CCCCCCCCCCCCCCCCCCCCCCCCCCC. The zero-order valence-electron chi connectivity index (χ0n) is 22.9. The molecule has 0 saturated heterocycles. The Balaban J connectivity index is 3.04. The first-order valence-corrected chi connectivity index (χ1v) is 15.4. The van der Waals surface area contributed by atoms with Gasteiger partial charge in [-0.2, -0.15) is 0 Å². The average molecular weight is 465 g/mol. The number of rotatable bonds is 28. The molecule has 0 aliphatic rings. The van der Waals surface area contributed by atoms with Crippen molar-refractivity contribution in [2.75, 3.05) is 6.54 Å². The summed E-state index contributed by atoms with van der Waals surface area (Å²) in [5.74, 6) is 0.202. The van der Waals surface area contributed by atoms with Crippen LogP contribution in [-0.4, -0.2) is 12.5 Å². The molecular weight excluding hydrogens is 402 g/mol. The van der Waals surface area contributed by atoms with Crippen molar-refractivity contribution in [1.29, 1.82) is 0 Å². The molecule has 0 aliphatic heterocycles. The first-order valence-electron chi connectivity index (χ1n) is 15.4. The lowest BCUT2D eigenvalue weighted by Gasteiger charge is -2.05. The van der Waals surface area contributed by atoms with Crippen LogP contribution in [0.15, 0.2) is 0 Å². The molecule has 0 aromatic carbocycles. The van der Waals surface area contributed by atoms with E-state index in [0.717, 1.165) is 19.4 Å². The molecule has 0 spiro atoms. The van der Waals surface area contributed by atoms with Crippen molar-refractivity contribution >= 4 is 5.91 Å². The zero-order valence-corrected chi connectivity index (χ0v) is 22.9. The van der Waals surface area contributed by atoms with E-state index in [9.17, 15) is 4.79 Å². The van der Waals surface area contributed by atoms with E-state index in [4.69, 9.17) is 0 Å². The van der Waals surface area contributed by atoms with Crippen molar-refractivity contribution < 1.29 is 4.79 Å². The van der Waals surface area contributed by atoms with Crippen molar-refractivity contribution in [3.63, 3.8) is 0 Å². The monoisotopic (exact) mass is 464 g/mol. The number of hydrogen-bond acceptors (Lipinski definition) is 1. The number of amides is 1. The molecule has 0 heterocycles. The molecule has 0 aromatic heterocycles. The molecule has 2 nitrogen and oxygen atoms in total. The van der Waals surface area contributed by atoms with Gasteiger partial charge in [0.05, 0.1) is 0 Å². The van der Waals surface area contributed by atoms with Crippen molar-refractivity contribution in [1.82, 2.24) is 5.32 Å². The highest BCUT2D eigenvalue weighted by molar-refractivity contribution is 5.75. The van der Waals surface area contributed by atoms with Crippen LogP contribution < -0.4 is 5.32 Å². The molecule has 0 aromatic rings. The van der Waals surface area contributed by atoms with Crippen LogP contribution in [0, 0.1) is 6.92 Å². The van der Waals surface area contributed by atoms with E-state index >= 15 is 0 Å². The number of nitrogens with one attached hydrogen (secondary N) is 1. The Morgan fingerprint density at radius 1 is 0.485 bits per heavy atom. The van der Waals surface area contributed by atoms with Crippen molar-refractivity contribution in [2.24, 2.45) is 0 Å². The third-order valence-electron chi connectivity index (χ3n) is 7.01. The second-order valence-corrected chi connectivity index (χ2v) is 10.4. The molecule has 197 valence electrons. The standard InChI is InChI=1S/C31H62NO/c1-3-5-6-7-8-9-10-11-12-13-14-15-16-17-18-19-20-21-22-23-24-25-26-27-28-29-31(33)32-30-4-2/h2-30H2,1H3,(H,32,33). The minimum atomic E-state index is 0.202. The maximum absolute atomic E-state index is 11.5. The van der Waals surface area contributed by atoms with Gasteiger partial charge >= 0.3 is 0 Å². The molecule has 0 bridgehead atoms. The van der Waals surface area contributed by atoms with Gasteiger partial charge in [0.2, 0.25) is 5.91 Å². The van der Waals surface area contributed by atoms with Crippen LogP contribution in [0.2, 0.25) is 0 Å². The Hall–Kier alpha value is -0.530. The van der Waals surface area contributed by atoms with Gasteiger partial charge in [-0.1, -0.05) is 168 Å². The summed E-state index contributed by atoms with van der Waals surface area (Å²) >= 11 is 0. The summed E-state index contributed by atoms with van der Waals surface area (Å²) in [4.78, 5) is 11.5. The van der Waals surface area contributed by atoms with E-state index in [2.05, 4.69) is 19.2 Å². The summed E-state index contributed by atoms with van der Waals surface area (Å²) in [6.45, 7) is 6.76. The van der Waals surface area contributed by atoms with Crippen LogP contribution in [0.1, 0.15) is 180 Å². The largest absolute Gasteiger partial charge is 0.356 e. The Bertz CT molecular complexity index is 368. The average Bonchev–Trinajstić information content (AvgIpc) is 2.82. The molecule has 1 radical (unpaired) electrons. The smallest absolute Gasteiger partial charge is 0.219 e. The summed E-state index contributed by atoms with van der Waals surface area (Å²) < 4.78 is 0. The quantitative estimate of drug-likeness (QED) is 0.115. The van der Waals surface area contributed by atoms with E-state index < -0.39 is 0 Å². The molecular formula is C31H62NO. The Kier molecular flexibility index (Phi) is 29.0. The number of unbranched alkanes of at least 4 members (excludes halogenated alkanes) is 24. The van der Waals surface area contributed by atoms with Crippen LogP contribution in [0.4, 0.5) is 0 Å². The zero-order chi connectivity index (χ0) is 24.1. The van der Waals surface area contributed by atoms with Crippen molar-refractivity contribution in [3.8, 4) is 0 Å². The van der Waals surface area contributed by atoms with E-state index in [0.29, 0.717) is 6.42 Å². The predicted molar refractivity (Wildman–Crippen MR) is 149 cm³/mol. The highest BCUT2D eigenvalue weighted by Crippen LogP contribution is 2.15. The maximum Gasteiger partial charge on any atom is 0.219 e. The van der Waals surface area contributed by atoms with E-state index in [1.54, 1.807) is 0 Å². The van der Waals surface area contributed by atoms with Crippen LogP contribution in [-0.2, 0) is 4.79 Å². The fourth-order valence-electron chi connectivity index (χ4n) is 4.74. The maximum atomic E-state index is 11.5. The van der Waals surface area contributed by atoms with Gasteiger partial charge in [-0.05, 0) is 12.8 Å². The molecule has 33 heavy (non-hydrogen) atoms. The molecule has 1 N–H and O–H groups in total. The van der Waals surface area contributed by atoms with Crippen molar-refractivity contribution in [2.45, 2.75) is 180 Å². The minimum Gasteiger partial charge on any atom is -0.356 e. The summed E-state index contributed by atoms with van der Waals surface area (Å²) in [6, 6.07) is 0. The number of hydrogen-bond donors (Lipinski definition) is 1. The summed E-state index contributed by atoms with van der Waals surface area (Å²) in [5, 5.41) is 2.90. The van der Waals surface area contributed by atoms with Gasteiger partial charge in [0, 0.05) is 13.0 Å². The van der Waals surface area contributed by atoms with Crippen LogP contribution >= 0.6 is 0 Å². The third kappa shape index (κ3) is 29.4. The van der Waals surface area contributed by atoms with Gasteiger partial charge < -0.3 is 5.32 Å². The molecule has 0 saturated carbocycles. The summed E-state index contributed by atoms with van der Waals surface area (Å²) in [6.07, 6.45) is 36.8. The lowest BCUT2D eigenvalue weighted by Crippen LogP contribution is -2.23.